The molecule has 2 nitrogen and oxygen atoms in total. The summed E-state index contributed by atoms with van der Waals surface area (Å²) < 4.78 is 42.3. The molecule has 1 aromatic carbocycles. The van der Waals surface area contributed by atoms with Crippen molar-refractivity contribution in [2.75, 3.05) is 25.1 Å². The Balaban J connectivity index is 1.79. The Labute approximate surface area is 104 Å². The van der Waals surface area contributed by atoms with E-state index >= 15 is 0 Å². The second-order valence-corrected chi connectivity index (χ2v) is 4.52. The van der Waals surface area contributed by atoms with E-state index in [4.69, 9.17) is 4.74 Å². The van der Waals surface area contributed by atoms with Crippen LogP contribution in [0.3, 0.4) is 0 Å². The van der Waals surface area contributed by atoms with Crippen molar-refractivity contribution in [2.45, 2.75) is 19.0 Å². The third-order valence-electron chi connectivity index (χ3n) is 3.12. The third kappa shape index (κ3) is 3.63. The molecule has 0 bridgehead atoms. The lowest BCUT2D eigenvalue weighted by Crippen LogP contribution is -2.09. The number of hydrogen-bond acceptors (Lipinski definition) is 2. The van der Waals surface area contributed by atoms with Gasteiger partial charge in [0, 0.05) is 25.4 Å². The lowest BCUT2D eigenvalue weighted by atomic mass is 10.1. The molecule has 1 aliphatic rings. The number of halogens is 3. The molecule has 1 fully saturated rings. The van der Waals surface area contributed by atoms with Gasteiger partial charge in [-0.2, -0.15) is 13.2 Å². The van der Waals surface area contributed by atoms with Crippen LogP contribution in [0.4, 0.5) is 18.9 Å². The molecule has 1 atom stereocenters. The Morgan fingerprint density at radius 1 is 1.22 bits per heavy atom. The number of hydrogen-bond donors (Lipinski definition) is 1. The van der Waals surface area contributed by atoms with Crippen molar-refractivity contribution < 1.29 is 17.9 Å². The van der Waals surface area contributed by atoms with E-state index < -0.39 is 11.7 Å². The first-order valence-corrected chi connectivity index (χ1v) is 6.04. The van der Waals surface area contributed by atoms with Crippen molar-refractivity contribution in [3.8, 4) is 0 Å². The monoisotopic (exact) mass is 259 g/mol. The quantitative estimate of drug-likeness (QED) is 0.893. The first kappa shape index (κ1) is 13.2. The summed E-state index contributed by atoms with van der Waals surface area (Å²) in [7, 11) is 0. The Morgan fingerprint density at radius 3 is 2.50 bits per heavy atom. The minimum Gasteiger partial charge on any atom is -0.385 e. The number of anilines is 1. The molecule has 0 radical (unpaired) electrons. The van der Waals surface area contributed by atoms with Crippen molar-refractivity contribution in [3.63, 3.8) is 0 Å². The van der Waals surface area contributed by atoms with Gasteiger partial charge in [0.15, 0.2) is 0 Å². The summed E-state index contributed by atoms with van der Waals surface area (Å²) in [5, 5.41) is 3.13. The van der Waals surface area contributed by atoms with Gasteiger partial charge in [0.05, 0.1) is 5.56 Å². The predicted octanol–water partition coefficient (Wildman–Crippen LogP) is 3.54. The molecule has 1 aromatic rings. The number of ether oxygens (including phenoxy) is 1. The summed E-state index contributed by atoms with van der Waals surface area (Å²) in [6.45, 7) is 2.39. The fourth-order valence-electron chi connectivity index (χ4n) is 2.01. The smallest absolute Gasteiger partial charge is 0.385 e. The lowest BCUT2D eigenvalue weighted by Gasteiger charge is -2.11. The van der Waals surface area contributed by atoms with Gasteiger partial charge < -0.3 is 10.1 Å². The molecular formula is C13H16F3NO. The zero-order valence-electron chi connectivity index (χ0n) is 9.96. The van der Waals surface area contributed by atoms with Crippen LogP contribution in [-0.4, -0.2) is 19.8 Å². The molecule has 0 saturated carbocycles. The van der Waals surface area contributed by atoms with Crippen molar-refractivity contribution in [3.05, 3.63) is 29.8 Å². The van der Waals surface area contributed by atoms with E-state index in [9.17, 15) is 13.2 Å². The molecular weight excluding hydrogens is 243 g/mol. The van der Waals surface area contributed by atoms with Gasteiger partial charge in [0.2, 0.25) is 0 Å². The lowest BCUT2D eigenvalue weighted by molar-refractivity contribution is -0.137. The molecule has 100 valence electrons. The maximum absolute atomic E-state index is 12.3. The number of benzene rings is 1. The maximum Gasteiger partial charge on any atom is 0.416 e. The van der Waals surface area contributed by atoms with Crippen LogP contribution in [0.5, 0.6) is 0 Å². The summed E-state index contributed by atoms with van der Waals surface area (Å²) in [4.78, 5) is 0. The van der Waals surface area contributed by atoms with Gasteiger partial charge >= 0.3 is 6.18 Å². The van der Waals surface area contributed by atoms with E-state index in [2.05, 4.69) is 5.32 Å². The van der Waals surface area contributed by atoms with E-state index in [1.807, 2.05) is 0 Å². The molecule has 0 aliphatic carbocycles. The Morgan fingerprint density at radius 2 is 1.94 bits per heavy atom. The van der Waals surface area contributed by atoms with Gasteiger partial charge in [-0.25, -0.2) is 0 Å². The Kier molecular flexibility index (Phi) is 4.11. The van der Waals surface area contributed by atoms with Crippen LogP contribution in [0.2, 0.25) is 0 Å². The highest BCUT2D eigenvalue weighted by Gasteiger charge is 2.29. The molecule has 18 heavy (non-hydrogen) atoms. The SMILES string of the molecule is FC(F)(F)c1ccc(NCCC2CCOC2)cc1. The first-order chi connectivity index (χ1) is 8.55. The average Bonchev–Trinajstić information content (AvgIpc) is 2.82. The van der Waals surface area contributed by atoms with Crippen LogP contribution in [0.15, 0.2) is 24.3 Å². The van der Waals surface area contributed by atoms with Crippen LogP contribution >= 0.6 is 0 Å². The molecule has 1 N–H and O–H groups in total. The molecule has 0 spiro atoms. The Hall–Kier alpha value is -1.23. The van der Waals surface area contributed by atoms with E-state index in [0.717, 1.165) is 50.4 Å². The molecule has 2 rings (SSSR count). The summed E-state index contributed by atoms with van der Waals surface area (Å²) in [5.74, 6) is 0.576. The summed E-state index contributed by atoms with van der Waals surface area (Å²) >= 11 is 0. The fourth-order valence-corrected chi connectivity index (χ4v) is 2.01. The Bertz CT molecular complexity index is 369. The second kappa shape index (κ2) is 5.61. The normalized spacial score (nSPS) is 20.1. The van der Waals surface area contributed by atoms with E-state index in [1.54, 1.807) is 0 Å². The average molecular weight is 259 g/mol. The van der Waals surface area contributed by atoms with Crippen LogP contribution in [0.25, 0.3) is 0 Å². The second-order valence-electron chi connectivity index (χ2n) is 4.52. The van der Waals surface area contributed by atoms with Gasteiger partial charge in [-0.05, 0) is 43.0 Å². The topological polar surface area (TPSA) is 21.3 Å². The van der Waals surface area contributed by atoms with Crippen molar-refractivity contribution in [1.29, 1.82) is 0 Å². The fraction of sp³-hybridized carbons (Fsp3) is 0.538. The van der Waals surface area contributed by atoms with E-state index in [1.165, 1.54) is 12.1 Å². The van der Waals surface area contributed by atoms with Gasteiger partial charge in [0.1, 0.15) is 0 Å². The minimum atomic E-state index is -4.26. The van der Waals surface area contributed by atoms with Gasteiger partial charge in [-0.15, -0.1) is 0 Å². The predicted molar refractivity (Wildman–Crippen MR) is 63.5 cm³/mol. The zero-order chi connectivity index (χ0) is 13.0. The molecule has 0 amide bonds. The van der Waals surface area contributed by atoms with Crippen LogP contribution in [0, 0.1) is 5.92 Å². The first-order valence-electron chi connectivity index (χ1n) is 6.04. The minimum absolute atomic E-state index is 0.576. The summed E-state index contributed by atoms with van der Waals surface area (Å²) in [6.07, 6.45) is -2.20. The maximum atomic E-state index is 12.3. The number of alkyl halides is 3. The summed E-state index contributed by atoms with van der Waals surface area (Å²) in [5.41, 5.74) is 0.110. The van der Waals surface area contributed by atoms with E-state index in [0.29, 0.717) is 5.92 Å². The van der Waals surface area contributed by atoms with E-state index in [-0.39, 0.29) is 0 Å². The van der Waals surface area contributed by atoms with Crippen LogP contribution in [-0.2, 0) is 10.9 Å². The number of nitrogens with one attached hydrogen (secondary N) is 1. The summed E-state index contributed by atoms with van der Waals surface area (Å²) in [6, 6.07) is 5.13. The third-order valence-corrected chi connectivity index (χ3v) is 3.12. The highest BCUT2D eigenvalue weighted by Crippen LogP contribution is 2.29. The van der Waals surface area contributed by atoms with Crippen LogP contribution in [0.1, 0.15) is 18.4 Å². The van der Waals surface area contributed by atoms with Crippen molar-refractivity contribution in [1.82, 2.24) is 0 Å². The highest BCUT2D eigenvalue weighted by molar-refractivity contribution is 5.45. The van der Waals surface area contributed by atoms with Gasteiger partial charge in [0.25, 0.3) is 0 Å². The molecule has 0 aromatic heterocycles. The standard InChI is InChI=1S/C13H16F3NO/c14-13(15,16)11-1-3-12(4-2-11)17-7-5-10-6-8-18-9-10/h1-4,10,17H,5-9H2. The van der Waals surface area contributed by atoms with Crippen molar-refractivity contribution >= 4 is 5.69 Å². The van der Waals surface area contributed by atoms with Crippen LogP contribution < -0.4 is 5.32 Å². The van der Waals surface area contributed by atoms with Crippen molar-refractivity contribution in [2.24, 2.45) is 5.92 Å². The molecule has 5 heteroatoms. The zero-order valence-corrected chi connectivity index (χ0v) is 9.96. The van der Waals surface area contributed by atoms with Gasteiger partial charge in [-0.1, -0.05) is 0 Å². The highest BCUT2D eigenvalue weighted by atomic mass is 19.4. The molecule has 1 heterocycles. The molecule has 1 saturated heterocycles. The molecule has 1 aliphatic heterocycles. The number of rotatable bonds is 4. The van der Waals surface area contributed by atoms with Gasteiger partial charge in [-0.3, -0.25) is 0 Å². The largest absolute Gasteiger partial charge is 0.416 e. The molecule has 1 unspecified atom stereocenters.